The van der Waals surface area contributed by atoms with Crippen LogP contribution >= 0.6 is 0 Å². The summed E-state index contributed by atoms with van der Waals surface area (Å²) in [6, 6.07) is 16.3. The molecule has 1 aliphatic heterocycles. The van der Waals surface area contributed by atoms with E-state index >= 15 is 0 Å². The number of hydrogen-bond donors (Lipinski definition) is 2. The van der Waals surface area contributed by atoms with E-state index in [4.69, 9.17) is 0 Å². The average Bonchev–Trinajstić information content (AvgIpc) is 2.53. The molecule has 0 unspecified atom stereocenters. The van der Waals surface area contributed by atoms with E-state index in [9.17, 15) is 4.79 Å². The van der Waals surface area contributed by atoms with Crippen LogP contribution in [0, 0.1) is 11.8 Å². The van der Waals surface area contributed by atoms with Crippen LogP contribution in [0.3, 0.4) is 0 Å². The molecule has 0 saturated carbocycles. The van der Waals surface area contributed by atoms with Crippen LogP contribution in [0.15, 0.2) is 48.5 Å². The summed E-state index contributed by atoms with van der Waals surface area (Å²) in [5, 5.41) is 6.75. The Labute approximate surface area is 137 Å². The van der Waals surface area contributed by atoms with E-state index in [0.717, 1.165) is 30.8 Å². The molecule has 0 aliphatic carbocycles. The second-order valence-electron chi connectivity index (χ2n) is 5.82. The third-order valence-electron chi connectivity index (χ3n) is 3.97. The van der Waals surface area contributed by atoms with Crippen LogP contribution in [-0.2, 0) is 6.54 Å². The van der Waals surface area contributed by atoms with Crippen molar-refractivity contribution in [2.24, 2.45) is 0 Å². The van der Waals surface area contributed by atoms with E-state index in [1.807, 2.05) is 36.4 Å². The molecule has 0 amide bonds. The van der Waals surface area contributed by atoms with Gasteiger partial charge in [0.05, 0.1) is 0 Å². The largest absolute Gasteiger partial charge is 0.314 e. The van der Waals surface area contributed by atoms with Gasteiger partial charge in [0.25, 0.3) is 0 Å². The summed E-state index contributed by atoms with van der Waals surface area (Å²) in [5.74, 6) is 6.36. The molecule has 0 spiro atoms. The standard InChI is InChI=1S/C20H20N2O/c1-15(23)19-10-8-17(9-11-19)3-2-16-4-6-18(7-5-16)12-22-20-13-21-14-20/h4-11,20-22H,12-14H2,1H3. The Morgan fingerprint density at radius 3 is 2.09 bits per heavy atom. The van der Waals surface area contributed by atoms with Gasteiger partial charge in [0, 0.05) is 42.4 Å². The summed E-state index contributed by atoms with van der Waals surface area (Å²) >= 11 is 0. The Kier molecular flexibility index (Phi) is 4.87. The third kappa shape index (κ3) is 4.29. The maximum absolute atomic E-state index is 11.2. The molecule has 1 heterocycles. The molecule has 3 rings (SSSR count). The Bertz CT molecular complexity index is 732. The van der Waals surface area contributed by atoms with Crippen LogP contribution in [0.5, 0.6) is 0 Å². The molecule has 2 N–H and O–H groups in total. The zero-order valence-electron chi connectivity index (χ0n) is 13.2. The number of hydrogen-bond acceptors (Lipinski definition) is 3. The number of nitrogens with one attached hydrogen (secondary N) is 2. The quantitative estimate of drug-likeness (QED) is 0.673. The van der Waals surface area contributed by atoms with Gasteiger partial charge in [-0.15, -0.1) is 0 Å². The lowest BCUT2D eigenvalue weighted by Gasteiger charge is -2.28. The van der Waals surface area contributed by atoms with Gasteiger partial charge in [0.2, 0.25) is 0 Å². The zero-order valence-corrected chi connectivity index (χ0v) is 13.2. The van der Waals surface area contributed by atoms with Gasteiger partial charge in [-0.25, -0.2) is 0 Å². The van der Waals surface area contributed by atoms with Crippen molar-refractivity contribution in [1.29, 1.82) is 0 Å². The fraction of sp³-hybridized carbons (Fsp3) is 0.250. The molecule has 1 fully saturated rings. The number of rotatable bonds is 4. The first-order valence-electron chi connectivity index (χ1n) is 7.87. The fourth-order valence-corrected chi connectivity index (χ4v) is 2.33. The predicted octanol–water partition coefficient (Wildman–Crippen LogP) is 2.35. The third-order valence-corrected chi connectivity index (χ3v) is 3.97. The first-order valence-corrected chi connectivity index (χ1v) is 7.87. The topological polar surface area (TPSA) is 41.1 Å². The Hall–Kier alpha value is -2.41. The van der Waals surface area contributed by atoms with Crippen LogP contribution < -0.4 is 10.6 Å². The maximum Gasteiger partial charge on any atom is 0.159 e. The molecule has 0 bridgehead atoms. The molecular formula is C20H20N2O. The van der Waals surface area contributed by atoms with Gasteiger partial charge in [0.1, 0.15) is 0 Å². The van der Waals surface area contributed by atoms with Crippen LogP contribution in [0.4, 0.5) is 0 Å². The molecule has 1 saturated heterocycles. The van der Waals surface area contributed by atoms with E-state index in [1.54, 1.807) is 6.92 Å². The van der Waals surface area contributed by atoms with Gasteiger partial charge in [-0.3, -0.25) is 4.79 Å². The molecule has 0 atom stereocenters. The smallest absolute Gasteiger partial charge is 0.159 e. The molecule has 0 radical (unpaired) electrons. The molecule has 3 heteroatoms. The molecule has 3 nitrogen and oxygen atoms in total. The zero-order chi connectivity index (χ0) is 16.1. The summed E-state index contributed by atoms with van der Waals surface area (Å²) in [5.41, 5.74) is 3.90. The molecule has 2 aromatic rings. The van der Waals surface area contributed by atoms with E-state index < -0.39 is 0 Å². The first kappa shape index (κ1) is 15.5. The molecule has 23 heavy (non-hydrogen) atoms. The first-order chi connectivity index (χ1) is 11.2. The minimum absolute atomic E-state index is 0.0754. The molecule has 1 aliphatic rings. The second kappa shape index (κ2) is 7.23. The van der Waals surface area contributed by atoms with Crippen LogP contribution in [0.1, 0.15) is 34.0 Å². The van der Waals surface area contributed by atoms with Gasteiger partial charge in [0.15, 0.2) is 5.78 Å². The van der Waals surface area contributed by atoms with Crippen molar-refractivity contribution >= 4 is 5.78 Å². The molecule has 0 aromatic heterocycles. The van der Waals surface area contributed by atoms with Gasteiger partial charge in [-0.2, -0.15) is 0 Å². The number of carbonyl (C=O) groups is 1. The lowest BCUT2D eigenvalue weighted by molar-refractivity contribution is 0.101. The van der Waals surface area contributed by atoms with Crippen molar-refractivity contribution in [3.63, 3.8) is 0 Å². The summed E-state index contributed by atoms with van der Waals surface area (Å²) in [6.45, 7) is 4.59. The van der Waals surface area contributed by atoms with E-state index in [1.165, 1.54) is 5.56 Å². The lowest BCUT2D eigenvalue weighted by Crippen LogP contribution is -2.54. The SMILES string of the molecule is CC(=O)c1ccc(C#Cc2ccc(CNC3CNC3)cc2)cc1. The Morgan fingerprint density at radius 2 is 1.61 bits per heavy atom. The van der Waals surface area contributed by atoms with Crippen molar-refractivity contribution < 1.29 is 4.79 Å². The van der Waals surface area contributed by atoms with Crippen molar-refractivity contribution in [3.8, 4) is 11.8 Å². The van der Waals surface area contributed by atoms with Crippen molar-refractivity contribution in [1.82, 2.24) is 10.6 Å². The fourth-order valence-electron chi connectivity index (χ4n) is 2.33. The van der Waals surface area contributed by atoms with Crippen molar-refractivity contribution in [2.45, 2.75) is 19.5 Å². The summed E-state index contributed by atoms with van der Waals surface area (Å²) < 4.78 is 0. The number of benzene rings is 2. The van der Waals surface area contributed by atoms with Crippen molar-refractivity contribution in [3.05, 3.63) is 70.8 Å². The highest BCUT2D eigenvalue weighted by Gasteiger charge is 2.14. The minimum atomic E-state index is 0.0754. The predicted molar refractivity (Wildman–Crippen MR) is 92.4 cm³/mol. The number of Topliss-reactive ketones (excluding diaryl/α,β-unsaturated/α-hetero) is 1. The van der Waals surface area contributed by atoms with Crippen LogP contribution in [0.25, 0.3) is 0 Å². The van der Waals surface area contributed by atoms with E-state index in [0.29, 0.717) is 11.6 Å². The van der Waals surface area contributed by atoms with E-state index in [-0.39, 0.29) is 5.78 Å². The number of ketones is 1. The molecule has 116 valence electrons. The normalized spacial score (nSPS) is 13.8. The molecular weight excluding hydrogens is 284 g/mol. The maximum atomic E-state index is 11.2. The van der Waals surface area contributed by atoms with Gasteiger partial charge in [-0.1, -0.05) is 36.1 Å². The van der Waals surface area contributed by atoms with Gasteiger partial charge in [-0.05, 0) is 36.8 Å². The minimum Gasteiger partial charge on any atom is -0.314 e. The monoisotopic (exact) mass is 304 g/mol. The Balaban J connectivity index is 1.60. The van der Waals surface area contributed by atoms with Crippen LogP contribution in [-0.4, -0.2) is 24.9 Å². The highest BCUT2D eigenvalue weighted by atomic mass is 16.1. The molecule has 2 aromatic carbocycles. The van der Waals surface area contributed by atoms with E-state index in [2.05, 4.69) is 34.6 Å². The van der Waals surface area contributed by atoms with Crippen molar-refractivity contribution in [2.75, 3.05) is 13.1 Å². The average molecular weight is 304 g/mol. The second-order valence-corrected chi connectivity index (χ2v) is 5.82. The Morgan fingerprint density at radius 1 is 1.04 bits per heavy atom. The van der Waals surface area contributed by atoms with Gasteiger partial charge >= 0.3 is 0 Å². The highest BCUT2D eigenvalue weighted by molar-refractivity contribution is 5.94. The van der Waals surface area contributed by atoms with Gasteiger partial charge < -0.3 is 10.6 Å². The summed E-state index contributed by atoms with van der Waals surface area (Å²) in [4.78, 5) is 11.2. The highest BCUT2D eigenvalue weighted by Crippen LogP contribution is 2.06. The number of carbonyl (C=O) groups excluding carboxylic acids is 1. The lowest BCUT2D eigenvalue weighted by atomic mass is 10.1. The van der Waals surface area contributed by atoms with Crippen LogP contribution in [0.2, 0.25) is 0 Å². The summed E-state index contributed by atoms with van der Waals surface area (Å²) in [7, 11) is 0. The summed E-state index contributed by atoms with van der Waals surface area (Å²) in [6.07, 6.45) is 0.